The first-order chi connectivity index (χ1) is 16.1. The van der Waals surface area contributed by atoms with Gasteiger partial charge >= 0.3 is 0 Å². The van der Waals surface area contributed by atoms with Crippen LogP contribution in [0.1, 0.15) is 80.1 Å². The van der Waals surface area contributed by atoms with Crippen LogP contribution in [-0.4, -0.2) is 67.2 Å². The van der Waals surface area contributed by atoms with Crippen LogP contribution >= 0.6 is 0 Å². The topological polar surface area (TPSA) is 109 Å². The second-order valence-corrected chi connectivity index (χ2v) is 14.2. The van der Waals surface area contributed by atoms with E-state index in [1.165, 1.54) is 0 Å². The van der Waals surface area contributed by atoms with E-state index in [1.807, 2.05) is 6.92 Å². The zero-order chi connectivity index (χ0) is 25.4. The van der Waals surface area contributed by atoms with Gasteiger partial charge in [-0.1, -0.05) is 26.8 Å². The maximum Gasteiger partial charge on any atom is 0.130 e. The highest BCUT2D eigenvalue weighted by molar-refractivity contribution is 5.34. The molecule has 2 saturated heterocycles. The molecule has 7 heteroatoms. The number of aliphatic hydroxyl groups excluding tert-OH is 2. The van der Waals surface area contributed by atoms with Crippen LogP contribution in [0.2, 0.25) is 0 Å². The van der Waals surface area contributed by atoms with Gasteiger partial charge in [0.15, 0.2) is 0 Å². The number of hydrogen-bond acceptors (Lipinski definition) is 7. The van der Waals surface area contributed by atoms with Crippen molar-refractivity contribution < 1.29 is 34.9 Å². The lowest BCUT2D eigenvalue weighted by Gasteiger charge is -2.69. The molecule has 4 aliphatic carbocycles. The first-order valence-electron chi connectivity index (χ1n) is 13.7. The van der Waals surface area contributed by atoms with Gasteiger partial charge in [-0.2, -0.15) is 0 Å². The summed E-state index contributed by atoms with van der Waals surface area (Å²) in [6, 6.07) is 0. The summed E-state index contributed by atoms with van der Waals surface area (Å²) in [5.41, 5.74) is -3.86. The molecule has 35 heavy (non-hydrogen) atoms. The smallest absolute Gasteiger partial charge is 0.130 e. The lowest BCUT2D eigenvalue weighted by atomic mass is 9.42. The average molecular weight is 493 g/mol. The molecule has 3 aliphatic heterocycles. The first kappa shape index (κ1) is 24.8. The zero-order valence-corrected chi connectivity index (χ0v) is 22.0. The van der Waals surface area contributed by atoms with Crippen molar-refractivity contribution in [1.29, 1.82) is 0 Å². The van der Waals surface area contributed by atoms with Gasteiger partial charge in [0.1, 0.15) is 17.3 Å². The third kappa shape index (κ3) is 2.87. The fourth-order valence-corrected chi connectivity index (χ4v) is 9.87. The molecule has 2 spiro atoms. The third-order valence-corrected chi connectivity index (χ3v) is 12.1. The average Bonchev–Trinajstić information content (AvgIpc) is 3.23. The highest BCUT2D eigenvalue weighted by Crippen LogP contribution is 2.74. The van der Waals surface area contributed by atoms with Gasteiger partial charge in [-0.3, -0.25) is 0 Å². The molecule has 198 valence electrons. The molecule has 3 saturated carbocycles. The third-order valence-electron chi connectivity index (χ3n) is 12.1. The van der Waals surface area contributed by atoms with Crippen LogP contribution in [0.15, 0.2) is 12.2 Å². The standard InChI is InChI=1S/C28H44O7/c1-15(23(2,3)31)20(30)22-26(6,32)21-17(33-22)13-19-24(21,4)9-8-18-25(5)10-7-16(29)14-27(25)11-12-28(18,19)35-34-27/h11-12,15-22,29-32H,7-10,13-14H2,1-6H3/t15?,16?,17?,18-,19-,20?,21?,22?,24+,25-,26?,27?,28?/m1/s1. The summed E-state index contributed by atoms with van der Waals surface area (Å²) in [6.07, 6.45) is 6.96. The van der Waals surface area contributed by atoms with Gasteiger partial charge in [-0.05, 0) is 64.4 Å². The molecule has 5 fully saturated rings. The second kappa shape index (κ2) is 7.10. The Morgan fingerprint density at radius 3 is 2.37 bits per heavy atom. The van der Waals surface area contributed by atoms with E-state index < -0.39 is 40.5 Å². The predicted molar refractivity (Wildman–Crippen MR) is 128 cm³/mol. The minimum atomic E-state index is -1.24. The van der Waals surface area contributed by atoms with Crippen molar-refractivity contribution in [2.24, 2.45) is 34.5 Å². The fraction of sp³-hybridized carbons (Fsp3) is 0.929. The van der Waals surface area contributed by atoms with Gasteiger partial charge in [0.2, 0.25) is 0 Å². The first-order valence-corrected chi connectivity index (χ1v) is 13.7. The van der Waals surface area contributed by atoms with Gasteiger partial charge in [0.05, 0.1) is 29.5 Å². The van der Waals surface area contributed by atoms with Crippen LogP contribution in [0.25, 0.3) is 0 Å². The Morgan fingerprint density at radius 1 is 1.03 bits per heavy atom. The summed E-state index contributed by atoms with van der Waals surface area (Å²) in [4.78, 5) is 12.6. The molecule has 9 unspecified atom stereocenters. The Kier molecular flexibility index (Phi) is 5.03. The molecule has 4 N–H and O–H groups in total. The number of fused-ring (bicyclic) bond motifs is 4. The summed E-state index contributed by atoms with van der Waals surface area (Å²) in [7, 11) is 0. The number of aliphatic hydroxyl groups is 4. The Morgan fingerprint density at radius 2 is 1.74 bits per heavy atom. The van der Waals surface area contributed by atoms with Crippen LogP contribution in [0, 0.1) is 34.5 Å². The molecule has 0 radical (unpaired) electrons. The number of rotatable bonds is 3. The van der Waals surface area contributed by atoms with Gasteiger partial charge < -0.3 is 25.2 Å². The Hall–Kier alpha value is -0.540. The summed E-state index contributed by atoms with van der Waals surface area (Å²) in [5.74, 6) is -0.227. The van der Waals surface area contributed by atoms with Gasteiger partial charge in [-0.25, -0.2) is 9.78 Å². The molecule has 0 aromatic carbocycles. The van der Waals surface area contributed by atoms with Crippen LogP contribution in [0.5, 0.6) is 0 Å². The minimum Gasteiger partial charge on any atom is -0.393 e. The number of ether oxygens (including phenoxy) is 1. The maximum absolute atomic E-state index is 12.0. The molecule has 2 bridgehead atoms. The largest absolute Gasteiger partial charge is 0.393 e. The quantitative estimate of drug-likeness (QED) is 0.354. The van der Waals surface area contributed by atoms with E-state index in [-0.39, 0.29) is 40.8 Å². The molecule has 0 aromatic rings. The van der Waals surface area contributed by atoms with E-state index >= 15 is 0 Å². The highest BCUT2D eigenvalue weighted by atomic mass is 17.2. The van der Waals surface area contributed by atoms with Crippen LogP contribution < -0.4 is 0 Å². The van der Waals surface area contributed by atoms with Crippen LogP contribution in [0.4, 0.5) is 0 Å². The van der Waals surface area contributed by atoms with Gasteiger partial charge in [-0.15, -0.1) is 0 Å². The monoisotopic (exact) mass is 492 g/mol. The van der Waals surface area contributed by atoms with E-state index in [0.717, 1.165) is 32.1 Å². The molecule has 7 rings (SSSR count). The van der Waals surface area contributed by atoms with E-state index in [2.05, 4.69) is 26.0 Å². The molecule has 0 aromatic heterocycles. The Balaban J connectivity index is 1.35. The lowest BCUT2D eigenvalue weighted by molar-refractivity contribution is -0.498. The van der Waals surface area contributed by atoms with E-state index in [0.29, 0.717) is 6.42 Å². The summed E-state index contributed by atoms with van der Waals surface area (Å²) in [6.45, 7) is 11.6. The van der Waals surface area contributed by atoms with Crippen molar-refractivity contribution in [3.63, 3.8) is 0 Å². The molecule has 3 heterocycles. The summed E-state index contributed by atoms with van der Waals surface area (Å²) in [5, 5.41) is 44.1. The van der Waals surface area contributed by atoms with Gasteiger partial charge in [0.25, 0.3) is 0 Å². The van der Waals surface area contributed by atoms with Crippen molar-refractivity contribution in [3.05, 3.63) is 12.2 Å². The molecule has 7 aliphatic rings. The Bertz CT molecular complexity index is 927. The second-order valence-electron chi connectivity index (χ2n) is 14.2. The molecule has 13 atom stereocenters. The Labute approximate surface area is 208 Å². The van der Waals surface area contributed by atoms with Crippen molar-refractivity contribution in [1.82, 2.24) is 0 Å². The predicted octanol–water partition coefficient (Wildman–Crippen LogP) is 2.89. The number of hydrogen-bond donors (Lipinski definition) is 4. The van der Waals surface area contributed by atoms with E-state index in [1.54, 1.807) is 20.8 Å². The fourth-order valence-electron chi connectivity index (χ4n) is 9.87. The summed E-state index contributed by atoms with van der Waals surface area (Å²) >= 11 is 0. The molecular formula is C28H44O7. The van der Waals surface area contributed by atoms with Crippen molar-refractivity contribution in [2.75, 3.05) is 0 Å². The van der Waals surface area contributed by atoms with E-state index in [9.17, 15) is 20.4 Å². The van der Waals surface area contributed by atoms with Crippen molar-refractivity contribution in [3.8, 4) is 0 Å². The van der Waals surface area contributed by atoms with Crippen molar-refractivity contribution >= 4 is 0 Å². The van der Waals surface area contributed by atoms with Gasteiger partial charge in [0, 0.05) is 35.5 Å². The maximum atomic E-state index is 12.0. The summed E-state index contributed by atoms with van der Waals surface area (Å²) < 4.78 is 6.50. The SMILES string of the molecule is CC(C(O)C1OC2C[C@H]3C45C=CC6(CC(O)CC[C@]6(C)[C@H]4CC[C@]3(C)C2C1(C)O)OO5)C(C)(C)O. The normalized spacial score (nSPS) is 58.3. The zero-order valence-electron chi connectivity index (χ0n) is 22.0. The van der Waals surface area contributed by atoms with Crippen molar-refractivity contribution in [2.45, 2.75) is 127 Å². The molecule has 7 nitrogen and oxygen atoms in total. The molecular weight excluding hydrogens is 448 g/mol. The van der Waals surface area contributed by atoms with Crippen LogP contribution in [-0.2, 0) is 14.5 Å². The van der Waals surface area contributed by atoms with Crippen LogP contribution in [0.3, 0.4) is 0 Å². The lowest BCUT2D eigenvalue weighted by Crippen LogP contribution is -2.73. The highest BCUT2D eigenvalue weighted by Gasteiger charge is 2.78. The molecule has 0 amide bonds. The minimum absolute atomic E-state index is 0.109. The van der Waals surface area contributed by atoms with E-state index in [4.69, 9.17) is 14.5 Å².